The van der Waals surface area contributed by atoms with Crippen LogP contribution >= 0.6 is 0 Å². The molecule has 6 nitrogen and oxygen atoms in total. The van der Waals surface area contributed by atoms with Crippen molar-refractivity contribution in [1.82, 2.24) is 4.90 Å². The molecule has 3 rings (SSSR count). The van der Waals surface area contributed by atoms with Gasteiger partial charge in [0.15, 0.2) is 0 Å². The Morgan fingerprint density at radius 2 is 1.70 bits per heavy atom. The SMILES string of the molecule is COc1ccc(C2/C(=C(\O)c3cc(C)ccc3OC)C(=O)C(=O)N2C)cc1. The number of methoxy groups -OCH3 is 2. The second-order valence-corrected chi connectivity index (χ2v) is 6.39. The number of amides is 1. The van der Waals surface area contributed by atoms with Gasteiger partial charge in [-0.2, -0.15) is 0 Å². The molecule has 0 saturated carbocycles. The maximum absolute atomic E-state index is 12.6. The van der Waals surface area contributed by atoms with Gasteiger partial charge in [0.25, 0.3) is 11.7 Å². The number of hydrogen-bond donors (Lipinski definition) is 1. The quantitative estimate of drug-likeness (QED) is 0.511. The maximum Gasteiger partial charge on any atom is 0.295 e. The van der Waals surface area contributed by atoms with E-state index >= 15 is 0 Å². The summed E-state index contributed by atoms with van der Waals surface area (Å²) >= 11 is 0. The number of benzene rings is 2. The van der Waals surface area contributed by atoms with Crippen LogP contribution in [0.5, 0.6) is 11.5 Å². The second-order valence-electron chi connectivity index (χ2n) is 6.39. The van der Waals surface area contributed by atoms with E-state index < -0.39 is 17.7 Å². The minimum absolute atomic E-state index is 0.0385. The van der Waals surface area contributed by atoms with Crippen LogP contribution in [-0.4, -0.2) is 43.0 Å². The zero-order valence-corrected chi connectivity index (χ0v) is 15.6. The van der Waals surface area contributed by atoms with E-state index in [1.54, 1.807) is 50.6 Å². The summed E-state index contributed by atoms with van der Waals surface area (Å²) in [5.41, 5.74) is 2.01. The molecule has 0 radical (unpaired) electrons. The Hall–Kier alpha value is -3.28. The van der Waals surface area contributed by atoms with E-state index in [0.717, 1.165) is 5.56 Å². The van der Waals surface area contributed by atoms with Gasteiger partial charge in [-0.15, -0.1) is 0 Å². The number of aryl methyl sites for hydroxylation is 1. The van der Waals surface area contributed by atoms with E-state index in [2.05, 4.69) is 0 Å². The van der Waals surface area contributed by atoms with Gasteiger partial charge in [0, 0.05) is 7.05 Å². The standard InChI is InChI=1S/C21H21NO5/c1-12-5-10-16(27-4)15(11-12)19(23)17-18(22(2)21(25)20(17)24)13-6-8-14(26-3)9-7-13/h5-11,18,23H,1-4H3/b19-17+. The normalized spacial score (nSPS) is 18.7. The van der Waals surface area contributed by atoms with Gasteiger partial charge in [-0.05, 0) is 36.8 Å². The molecule has 1 amide bonds. The Labute approximate surface area is 157 Å². The van der Waals surface area contributed by atoms with Crippen molar-refractivity contribution in [2.45, 2.75) is 13.0 Å². The number of ether oxygens (including phenoxy) is 2. The van der Waals surface area contributed by atoms with Crippen LogP contribution < -0.4 is 9.47 Å². The molecule has 27 heavy (non-hydrogen) atoms. The Kier molecular flexibility index (Phi) is 4.90. The molecule has 0 aliphatic carbocycles. The number of carbonyl (C=O) groups is 2. The van der Waals surface area contributed by atoms with Crippen molar-refractivity contribution in [3.63, 3.8) is 0 Å². The molecule has 140 valence electrons. The third-order valence-electron chi connectivity index (χ3n) is 4.72. The van der Waals surface area contributed by atoms with E-state index in [9.17, 15) is 14.7 Å². The molecular weight excluding hydrogens is 346 g/mol. The van der Waals surface area contributed by atoms with Crippen LogP contribution in [-0.2, 0) is 9.59 Å². The zero-order chi connectivity index (χ0) is 19.7. The zero-order valence-electron chi connectivity index (χ0n) is 15.6. The van der Waals surface area contributed by atoms with Crippen LogP contribution in [0.15, 0.2) is 48.0 Å². The molecule has 1 aliphatic rings. The summed E-state index contributed by atoms with van der Waals surface area (Å²) in [7, 11) is 4.59. The van der Waals surface area contributed by atoms with E-state index in [4.69, 9.17) is 9.47 Å². The van der Waals surface area contributed by atoms with Crippen LogP contribution in [0.25, 0.3) is 5.76 Å². The highest BCUT2D eigenvalue weighted by molar-refractivity contribution is 6.46. The molecule has 2 aromatic rings. The molecule has 1 fully saturated rings. The first-order chi connectivity index (χ1) is 12.9. The fourth-order valence-electron chi connectivity index (χ4n) is 3.28. The molecule has 0 aromatic heterocycles. The Bertz CT molecular complexity index is 930. The smallest absolute Gasteiger partial charge is 0.295 e. The van der Waals surface area contributed by atoms with Crippen molar-refractivity contribution >= 4 is 17.4 Å². The van der Waals surface area contributed by atoms with Crippen LogP contribution in [0.3, 0.4) is 0 Å². The number of rotatable bonds is 4. The van der Waals surface area contributed by atoms with Crippen LogP contribution in [0.4, 0.5) is 0 Å². The lowest BCUT2D eigenvalue weighted by Gasteiger charge is -2.21. The Morgan fingerprint density at radius 3 is 2.30 bits per heavy atom. The van der Waals surface area contributed by atoms with Crippen molar-refractivity contribution in [3.05, 3.63) is 64.7 Å². The number of hydrogen-bond acceptors (Lipinski definition) is 5. The lowest BCUT2D eigenvalue weighted by molar-refractivity contribution is -0.139. The summed E-state index contributed by atoms with van der Waals surface area (Å²) in [4.78, 5) is 26.3. The number of likely N-dealkylation sites (N-methyl/N-ethyl adjacent to an activating group) is 1. The highest BCUT2D eigenvalue weighted by Crippen LogP contribution is 2.40. The van der Waals surface area contributed by atoms with E-state index in [1.165, 1.54) is 12.0 Å². The van der Waals surface area contributed by atoms with E-state index in [0.29, 0.717) is 22.6 Å². The highest BCUT2D eigenvalue weighted by Gasteiger charge is 2.44. The second kappa shape index (κ2) is 7.15. The van der Waals surface area contributed by atoms with Crippen molar-refractivity contribution in [3.8, 4) is 11.5 Å². The topological polar surface area (TPSA) is 76.1 Å². The molecule has 1 aliphatic heterocycles. The average Bonchev–Trinajstić information content (AvgIpc) is 2.91. The number of aliphatic hydroxyl groups is 1. The first-order valence-corrected chi connectivity index (χ1v) is 8.42. The summed E-state index contributed by atoms with van der Waals surface area (Å²) in [6.45, 7) is 1.87. The van der Waals surface area contributed by atoms with Gasteiger partial charge in [0.1, 0.15) is 17.3 Å². The van der Waals surface area contributed by atoms with Crippen LogP contribution in [0, 0.1) is 6.92 Å². The largest absolute Gasteiger partial charge is 0.507 e. The fraction of sp³-hybridized carbons (Fsp3) is 0.238. The number of nitrogens with zero attached hydrogens (tertiary/aromatic N) is 1. The van der Waals surface area contributed by atoms with Crippen LogP contribution in [0.2, 0.25) is 0 Å². The molecule has 1 N–H and O–H groups in total. The van der Waals surface area contributed by atoms with Gasteiger partial charge in [-0.1, -0.05) is 23.8 Å². The third kappa shape index (κ3) is 3.14. The summed E-state index contributed by atoms with van der Waals surface area (Å²) in [6, 6.07) is 11.6. The molecule has 2 aromatic carbocycles. The molecular formula is C21H21NO5. The average molecular weight is 367 g/mol. The number of Topliss-reactive ketones (excluding diaryl/α,β-unsaturated/α-hetero) is 1. The lowest BCUT2D eigenvalue weighted by Crippen LogP contribution is -2.24. The molecule has 1 saturated heterocycles. The summed E-state index contributed by atoms with van der Waals surface area (Å²) in [5.74, 6) is -0.552. The molecule has 1 heterocycles. The predicted octanol–water partition coefficient (Wildman–Crippen LogP) is 3.06. The number of ketones is 1. The molecule has 0 bridgehead atoms. The summed E-state index contributed by atoms with van der Waals surface area (Å²) < 4.78 is 10.5. The maximum atomic E-state index is 12.6. The number of aliphatic hydroxyl groups excluding tert-OH is 1. The summed E-state index contributed by atoms with van der Waals surface area (Å²) in [6.07, 6.45) is 0. The first-order valence-electron chi connectivity index (χ1n) is 8.42. The minimum atomic E-state index is -0.723. The molecule has 6 heteroatoms. The van der Waals surface area contributed by atoms with E-state index in [1.807, 2.05) is 13.0 Å². The van der Waals surface area contributed by atoms with Crippen molar-refractivity contribution < 1.29 is 24.2 Å². The Morgan fingerprint density at radius 1 is 1.04 bits per heavy atom. The Balaban J connectivity index is 2.20. The molecule has 1 unspecified atom stereocenters. The van der Waals surface area contributed by atoms with Crippen molar-refractivity contribution in [1.29, 1.82) is 0 Å². The minimum Gasteiger partial charge on any atom is -0.507 e. The molecule has 1 atom stereocenters. The van der Waals surface area contributed by atoms with Crippen LogP contribution in [0.1, 0.15) is 22.7 Å². The number of carbonyl (C=O) groups excluding carboxylic acids is 2. The summed E-state index contributed by atoms with van der Waals surface area (Å²) in [5, 5.41) is 11.0. The monoisotopic (exact) mass is 367 g/mol. The van der Waals surface area contributed by atoms with Gasteiger partial charge in [0.2, 0.25) is 0 Å². The van der Waals surface area contributed by atoms with Gasteiger partial charge in [0.05, 0.1) is 31.4 Å². The third-order valence-corrected chi connectivity index (χ3v) is 4.72. The fourth-order valence-corrected chi connectivity index (χ4v) is 3.28. The highest BCUT2D eigenvalue weighted by atomic mass is 16.5. The van der Waals surface area contributed by atoms with Gasteiger partial charge >= 0.3 is 0 Å². The first kappa shape index (κ1) is 18.5. The lowest BCUT2D eigenvalue weighted by atomic mass is 9.94. The van der Waals surface area contributed by atoms with Gasteiger partial charge < -0.3 is 19.5 Å². The predicted molar refractivity (Wildman–Crippen MR) is 101 cm³/mol. The van der Waals surface area contributed by atoms with Crippen molar-refractivity contribution in [2.75, 3.05) is 21.3 Å². The number of likely N-dealkylation sites (tertiary alicyclic amines) is 1. The van der Waals surface area contributed by atoms with E-state index in [-0.39, 0.29) is 11.3 Å². The van der Waals surface area contributed by atoms with Gasteiger partial charge in [-0.25, -0.2) is 0 Å². The van der Waals surface area contributed by atoms with Crippen molar-refractivity contribution in [2.24, 2.45) is 0 Å². The molecule has 0 spiro atoms. The van der Waals surface area contributed by atoms with Gasteiger partial charge in [-0.3, -0.25) is 9.59 Å².